The molecule has 0 spiro atoms. The summed E-state index contributed by atoms with van der Waals surface area (Å²) in [4.78, 5) is 30.6. The third-order valence-corrected chi connectivity index (χ3v) is 6.11. The average molecular weight is 440 g/mol. The van der Waals surface area contributed by atoms with Gasteiger partial charge in [-0.3, -0.25) is 14.5 Å². The standard InChI is InChI=1S/C19H16Cl2FN3O2S/c1-10-12(20)4-3-5-15(10)24-17(26)9-16-18(27)25(2)19(28-16)23-11-6-7-14(22)13(21)8-11/h3-8,16H,9H2,1-2H3,(H,24,26)/t16-/m0/s1. The Labute approximate surface area is 175 Å². The van der Waals surface area contributed by atoms with Crippen molar-refractivity contribution in [2.24, 2.45) is 4.99 Å². The second-order valence-electron chi connectivity index (χ2n) is 6.16. The number of amidine groups is 1. The first-order valence-electron chi connectivity index (χ1n) is 8.29. The number of nitrogens with zero attached hydrogens (tertiary/aromatic N) is 2. The largest absolute Gasteiger partial charge is 0.326 e. The van der Waals surface area contributed by atoms with E-state index in [1.165, 1.54) is 34.9 Å². The van der Waals surface area contributed by atoms with Crippen LogP contribution < -0.4 is 5.32 Å². The molecule has 1 fully saturated rings. The van der Waals surface area contributed by atoms with E-state index in [-0.39, 0.29) is 23.3 Å². The van der Waals surface area contributed by atoms with Gasteiger partial charge in [0.15, 0.2) is 5.17 Å². The first kappa shape index (κ1) is 20.6. The molecule has 1 heterocycles. The minimum absolute atomic E-state index is 0.0109. The number of benzene rings is 2. The Balaban J connectivity index is 1.70. The summed E-state index contributed by atoms with van der Waals surface area (Å²) in [6, 6.07) is 9.29. The molecule has 2 aromatic rings. The van der Waals surface area contributed by atoms with Crippen molar-refractivity contribution in [2.45, 2.75) is 18.6 Å². The summed E-state index contributed by atoms with van der Waals surface area (Å²) in [6.45, 7) is 1.81. The fourth-order valence-corrected chi connectivity index (χ4v) is 4.08. The molecule has 2 aromatic carbocycles. The van der Waals surface area contributed by atoms with Crippen LogP contribution in [-0.4, -0.2) is 34.2 Å². The van der Waals surface area contributed by atoms with E-state index >= 15 is 0 Å². The third kappa shape index (κ3) is 4.48. The first-order valence-corrected chi connectivity index (χ1v) is 9.92. The fourth-order valence-electron chi connectivity index (χ4n) is 2.57. The van der Waals surface area contributed by atoms with Gasteiger partial charge in [-0.15, -0.1) is 0 Å². The monoisotopic (exact) mass is 439 g/mol. The number of rotatable bonds is 4. The predicted octanol–water partition coefficient (Wildman–Crippen LogP) is 5.03. The van der Waals surface area contributed by atoms with E-state index in [4.69, 9.17) is 23.2 Å². The summed E-state index contributed by atoms with van der Waals surface area (Å²) in [5, 5.41) is 3.11. The molecule has 28 heavy (non-hydrogen) atoms. The highest BCUT2D eigenvalue weighted by Crippen LogP contribution is 2.32. The van der Waals surface area contributed by atoms with Crippen molar-refractivity contribution in [3.63, 3.8) is 0 Å². The lowest BCUT2D eigenvalue weighted by molar-refractivity contribution is -0.127. The molecule has 1 atom stereocenters. The van der Waals surface area contributed by atoms with E-state index in [9.17, 15) is 14.0 Å². The Kier molecular flexibility index (Phi) is 6.27. The zero-order chi connectivity index (χ0) is 20.4. The number of aliphatic imine (C=N–C) groups is 1. The van der Waals surface area contributed by atoms with Crippen LogP contribution in [0.5, 0.6) is 0 Å². The van der Waals surface area contributed by atoms with Crippen LogP contribution in [0.15, 0.2) is 41.4 Å². The van der Waals surface area contributed by atoms with Gasteiger partial charge in [-0.25, -0.2) is 9.38 Å². The molecule has 1 saturated heterocycles. The van der Waals surface area contributed by atoms with Crippen molar-refractivity contribution in [3.8, 4) is 0 Å². The van der Waals surface area contributed by atoms with Crippen molar-refractivity contribution in [3.05, 3.63) is 57.8 Å². The Hall–Kier alpha value is -2.09. The highest BCUT2D eigenvalue weighted by Gasteiger charge is 2.37. The molecule has 5 nitrogen and oxygen atoms in total. The first-order chi connectivity index (χ1) is 13.3. The molecule has 3 rings (SSSR count). The quantitative estimate of drug-likeness (QED) is 0.726. The van der Waals surface area contributed by atoms with E-state index in [1.807, 2.05) is 0 Å². The van der Waals surface area contributed by atoms with E-state index in [0.29, 0.717) is 21.6 Å². The molecule has 146 valence electrons. The summed E-state index contributed by atoms with van der Waals surface area (Å²) in [7, 11) is 1.58. The van der Waals surface area contributed by atoms with Gasteiger partial charge in [0, 0.05) is 24.2 Å². The normalized spacial score (nSPS) is 18.0. The van der Waals surface area contributed by atoms with E-state index in [1.54, 1.807) is 32.2 Å². The van der Waals surface area contributed by atoms with Gasteiger partial charge in [0.1, 0.15) is 11.1 Å². The second-order valence-corrected chi connectivity index (χ2v) is 8.15. The zero-order valence-electron chi connectivity index (χ0n) is 15.0. The second kappa shape index (κ2) is 8.51. The molecule has 0 bridgehead atoms. The summed E-state index contributed by atoms with van der Waals surface area (Å²) >= 11 is 13.0. The van der Waals surface area contributed by atoms with Crippen LogP contribution in [-0.2, 0) is 9.59 Å². The van der Waals surface area contributed by atoms with Gasteiger partial charge in [-0.2, -0.15) is 0 Å². The van der Waals surface area contributed by atoms with Crippen molar-refractivity contribution < 1.29 is 14.0 Å². The molecular formula is C19H16Cl2FN3O2S. The van der Waals surface area contributed by atoms with Gasteiger partial charge >= 0.3 is 0 Å². The summed E-state index contributed by atoms with van der Waals surface area (Å²) in [5.41, 5.74) is 1.79. The molecule has 0 aromatic heterocycles. The molecular weight excluding hydrogens is 424 g/mol. The van der Waals surface area contributed by atoms with E-state index < -0.39 is 11.1 Å². The Morgan fingerprint density at radius 2 is 2.04 bits per heavy atom. The van der Waals surface area contributed by atoms with Crippen LogP contribution in [0.1, 0.15) is 12.0 Å². The number of amides is 2. The number of nitrogens with one attached hydrogen (secondary N) is 1. The molecule has 0 unspecified atom stereocenters. The molecule has 9 heteroatoms. The maximum absolute atomic E-state index is 13.3. The van der Waals surface area contributed by atoms with E-state index in [0.717, 1.165) is 5.56 Å². The number of carbonyl (C=O) groups is 2. The predicted molar refractivity (Wildman–Crippen MR) is 112 cm³/mol. The Morgan fingerprint density at radius 3 is 2.75 bits per heavy atom. The number of anilines is 1. The van der Waals surface area contributed by atoms with Crippen LogP contribution in [0, 0.1) is 12.7 Å². The molecule has 0 saturated carbocycles. The van der Waals surface area contributed by atoms with Crippen LogP contribution >= 0.6 is 35.0 Å². The van der Waals surface area contributed by atoms with Crippen LogP contribution in [0.25, 0.3) is 0 Å². The van der Waals surface area contributed by atoms with Crippen LogP contribution in [0.3, 0.4) is 0 Å². The van der Waals surface area contributed by atoms with Gasteiger partial charge in [0.25, 0.3) is 0 Å². The highest BCUT2D eigenvalue weighted by molar-refractivity contribution is 8.15. The fraction of sp³-hybridized carbons (Fsp3) is 0.211. The Bertz CT molecular complexity index is 984. The maximum Gasteiger partial charge on any atom is 0.242 e. The number of hydrogen-bond donors (Lipinski definition) is 1. The maximum atomic E-state index is 13.3. The van der Waals surface area contributed by atoms with Gasteiger partial charge in [0.2, 0.25) is 11.8 Å². The van der Waals surface area contributed by atoms with Crippen molar-refractivity contribution in [2.75, 3.05) is 12.4 Å². The van der Waals surface area contributed by atoms with Gasteiger partial charge in [-0.05, 0) is 42.8 Å². The summed E-state index contributed by atoms with van der Waals surface area (Å²) in [6.07, 6.45) is -0.0109. The molecule has 0 radical (unpaired) electrons. The van der Waals surface area contributed by atoms with E-state index in [2.05, 4.69) is 10.3 Å². The number of hydrogen-bond acceptors (Lipinski definition) is 4. The summed E-state index contributed by atoms with van der Waals surface area (Å²) < 4.78 is 13.3. The molecule has 1 N–H and O–H groups in total. The van der Waals surface area contributed by atoms with Crippen LogP contribution in [0.2, 0.25) is 10.0 Å². The lowest BCUT2D eigenvalue weighted by atomic mass is 10.2. The van der Waals surface area contributed by atoms with Crippen LogP contribution in [0.4, 0.5) is 15.8 Å². The lowest BCUT2D eigenvalue weighted by Gasteiger charge is -2.11. The third-order valence-electron chi connectivity index (χ3n) is 4.18. The lowest BCUT2D eigenvalue weighted by Crippen LogP contribution is -2.30. The molecule has 0 aliphatic carbocycles. The minimum Gasteiger partial charge on any atom is -0.326 e. The molecule has 1 aliphatic rings. The van der Waals surface area contributed by atoms with Crippen molar-refractivity contribution in [1.82, 2.24) is 4.90 Å². The van der Waals surface area contributed by atoms with Gasteiger partial charge in [-0.1, -0.05) is 41.0 Å². The average Bonchev–Trinajstić information content (AvgIpc) is 2.90. The number of halogens is 3. The van der Waals surface area contributed by atoms with Gasteiger partial charge < -0.3 is 5.32 Å². The highest BCUT2D eigenvalue weighted by atomic mass is 35.5. The Morgan fingerprint density at radius 1 is 1.29 bits per heavy atom. The van der Waals surface area contributed by atoms with Crippen molar-refractivity contribution in [1.29, 1.82) is 0 Å². The van der Waals surface area contributed by atoms with Crippen molar-refractivity contribution >= 4 is 63.3 Å². The van der Waals surface area contributed by atoms with Gasteiger partial charge in [0.05, 0.1) is 10.7 Å². The zero-order valence-corrected chi connectivity index (χ0v) is 17.3. The molecule has 1 aliphatic heterocycles. The number of thioether (sulfide) groups is 1. The topological polar surface area (TPSA) is 61.8 Å². The smallest absolute Gasteiger partial charge is 0.242 e. The SMILES string of the molecule is Cc1c(Cl)cccc1NC(=O)C[C@@H]1SC(=Nc2ccc(F)c(Cl)c2)N(C)C1=O. The summed E-state index contributed by atoms with van der Waals surface area (Å²) in [5.74, 6) is -1.06. The minimum atomic E-state index is -0.598. The number of carbonyl (C=O) groups excluding carboxylic acids is 2. The molecule has 2 amide bonds.